The summed E-state index contributed by atoms with van der Waals surface area (Å²) in [6.07, 6.45) is 0.545. The standard InChI is InChI=1S/C10H12O2/c1-8(10(11)12)7-9-5-3-2-4-6-9/h2-6,8H,7H2,1H3,(H,11,12)/p-1. The van der Waals surface area contributed by atoms with Gasteiger partial charge in [0.15, 0.2) is 0 Å². The van der Waals surface area contributed by atoms with E-state index < -0.39 is 11.9 Å². The fraction of sp³-hybridized carbons (Fsp3) is 0.300. The number of aliphatic carboxylic acids is 1. The van der Waals surface area contributed by atoms with Gasteiger partial charge < -0.3 is 9.90 Å². The van der Waals surface area contributed by atoms with E-state index in [1.54, 1.807) is 6.92 Å². The number of carboxylic acid groups (broad SMARTS) is 1. The minimum absolute atomic E-state index is 0.410. The molecule has 12 heavy (non-hydrogen) atoms. The summed E-state index contributed by atoms with van der Waals surface area (Å²) in [7, 11) is 0. The minimum Gasteiger partial charge on any atom is -0.550 e. The van der Waals surface area contributed by atoms with Crippen molar-refractivity contribution in [1.82, 2.24) is 0 Å². The molecule has 0 radical (unpaired) electrons. The molecule has 2 heteroatoms. The fourth-order valence-corrected chi connectivity index (χ4v) is 1.05. The van der Waals surface area contributed by atoms with E-state index in [4.69, 9.17) is 0 Å². The van der Waals surface area contributed by atoms with Gasteiger partial charge in [0, 0.05) is 5.97 Å². The van der Waals surface area contributed by atoms with Crippen LogP contribution in [0.1, 0.15) is 12.5 Å². The van der Waals surface area contributed by atoms with Gasteiger partial charge in [-0.25, -0.2) is 0 Å². The first-order valence-corrected chi connectivity index (χ1v) is 3.95. The summed E-state index contributed by atoms with van der Waals surface area (Å²) >= 11 is 0. The van der Waals surface area contributed by atoms with Gasteiger partial charge >= 0.3 is 0 Å². The van der Waals surface area contributed by atoms with E-state index in [9.17, 15) is 9.90 Å². The highest BCUT2D eigenvalue weighted by Crippen LogP contribution is 2.06. The van der Waals surface area contributed by atoms with Gasteiger partial charge in [-0.3, -0.25) is 0 Å². The van der Waals surface area contributed by atoms with E-state index in [2.05, 4.69) is 0 Å². The van der Waals surface area contributed by atoms with Crippen molar-refractivity contribution in [2.75, 3.05) is 0 Å². The lowest BCUT2D eigenvalue weighted by Gasteiger charge is -2.11. The maximum atomic E-state index is 10.4. The Morgan fingerprint density at radius 3 is 2.50 bits per heavy atom. The van der Waals surface area contributed by atoms with Gasteiger partial charge in [0.05, 0.1) is 0 Å². The maximum absolute atomic E-state index is 10.4. The van der Waals surface area contributed by atoms with Crippen molar-refractivity contribution in [2.24, 2.45) is 5.92 Å². The first-order valence-electron chi connectivity index (χ1n) is 3.95. The molecule has 0 spiro atoms. The van der Waals surface area contributed by atoms with Gasteiger partial charge in [-0.05, 0) is 17.9 Å². The molecule has 1 aromatic carbocycles. The number of carboxylic acids is 1. The Morgan fingerprint density at radius 1 is 1.42 bits per heavy atom. The Balaban J connectivity index is 2.58. The number of hydrogen-bond acceptors (Lipinski definition) is 2. The molecule has 0 fully saturated rings. The second-order valence-electron chi connectivity index (χ2n) is 2.91. The van der Waals surface area contributed by atoms with E-state index in [-0.39, 0.29) is 0 Å². The monoisotopic (exact) mass is 163 g/mol. The van der Waals surface area contributed by atoms with Crippen molar-refractivity contribution < 1.29 is 9.90 Å². The van der Waals surface area contributed by atoms with Crippen molar-refractivity contribution in [2.45, 2.75) is 13.3 Å². The number of benzene rings is 1. The van der Waals surface area contributed by atoms with E-state index in [1.165, 1.54) is 0 Å². The summed E-state index contributed by atoms with van der Waals surface area (Å²) in [5.41, 5.74) is 1.04. The molecule has 1 aromatic rings. The number of carbonyl (C=O) groups is 1. The lowest BCUT2D eigenvalue weighted by molar-refractivity contribution is -0.310. The molecule has 0 aliphatic rings. The first-order chi connectivity index (χ1) is 5.70. The summed E-state index contributed by atoms with van der Waals surface area (Å²) in [6.45, 7) is 1.66. The van der Waals surface area contributed by atoms with Crippen molar-refractivity contribution in [3.63, 3.8) is 0 Å². The van der Waals surface area contributed by atoms with Crippen molar-refractivity contribution in [1.29, 1.82) is 0 Å². The van der Waals surface area contributed by atoms with Gasteiger partial charge in [0.1, 0.15) is 0 Å². The van der Waals surface area contributed by atoms with Gasteiger partial charge in [-0.1, -0.05) is 37.3 Å². The first kappa shape index (κ1) is 8.78. The van der Waals surface area contributed by atoms with Crippen LogP contribution in [0.15, 0.2) is 30.3 Å². The molecule has 0 amide bonds. The van der Waals surface area contributed by atoms with Crippen LogP contribution in [0.4, 0.5) is 0 Å². The second kappa shape index (κ2) is 3.90. The molecule has 1 atom stereocenters. The van der Waals surface area contributed by atoms with Crippen LogP contribution in [0, 0.1) is 5.92 Å². The molecule has 64 valence electrons. The predicted octanol–water partition coefficient (Wildman–Crippen LogP) is 0.615. The van der Waals surface area contributed by atoms with E-state index in [0.717, 1.165) is 5.56 Å². The molecule has 0 saturated heterocycles. The largest absolute Gasteiger partial charge is 0.550 e. The number of rotatable bonds is 3. The van der Waals surface area contributed by atoms with Crippen LogP contribution < -0.4 is 5.11 Å². The van der Waals surface area contributed by atoms with Crippen LogP contribution >= 0.6 is 0 Å². The van der Waals surface area contributed by atoms with Crippen LogP contribution in [-0.4, -0.2) is 5.97 Å². The van der Waals surface area contributed by atoms with Gasteiger partial charge in [0.25, 0.3) is 0 Å². The normalized spacial score (nSPS) is 12.4. The lowest BCUT2D eigenvalue weighted by atomic mass is 10.0. The summed E-state index contributed by atoms with van der Waals surface area (Å²) in [5.74, 6) is -1.40. The third-order valence-electron chi connectivity index (χ3n) is 1.79. The molecule has 0 saturated carbocycles. The minimum atomic E-state index is -0.987. The van der Waals surface area contributed by atoms with Crippen LogP contribution in [-0.2, 0) is 11.2 Å². The second-order valence-corrected chi connectivity index (χ2v) is 2.91. The zero-order valence-electron chi connectivity index (χ0n) is 6.99. The molecule has 0 N–H and O–H groups in total. The Morgan fingerprint density at radius 2 is 2.00 bits per heavy atom. The highest BCUT2D eigenvalue weighted by Gasteiger charge is 2.02. The third kappa shape index (κ3) is 2.38. The predicted molar refractivity (Wildman–Crippen MR) is 44.3 cm³/mol. The molecule has 0 aromatic heterocycles. The average molecular weight is 163 g/mol. The summed E-state index contributed by atoms with van der Waals surface area (Å²) in [6, 6.07) is 9.54. The average Bonchev–Trinajstić information content (AvgIpc) is 2.06. The highest BCUT2D eigenvalue weighted by molar-refractivity contribution is 5.67. The van der Waals surface area contributed by atoms with Gasteiger partial charge in [-0.2, -0.15) is 0 Å². The van der Waals surface area contributed by atoms with Crippen LogP contribution in [0.25, 0.3) is 0 Å². The number of hydrogen-bond donors (Lipinski definition) is 0. The zero-order valence-corrected chi connectivity index (χ0v) is 6.99. The molecule has 1 unspecified atom stereocenters. The fourth-order valence-electron chi connectivity index (χ4n) is 1.05. The number of carbonyl (C=O) groups excluding carboxylic acids is 1. The Labute approximate surface area is 71.8 Å². The Kier molecular flexibility index (Phi) is 2.86. The topological polar surface area (TPSA) is 40.1 Å². The summed E-state index contributed by atoms with van der Waals surface area (Å²) in [4.78, 5) is 10.4. The maximum Gasteiger partial charge on any atom is 0.0445 e. The molecule has 0 bridgehead atoms. The molecular weight excluding hydrogens is 152 g/mol. The van der Waals surface area contributed by atoms with Crippen molar-refractivity contribution in [3.8, 4) is 0 Å². The quantitative estimate of drug-likeness (QED) is 0.655. The van der Waals surface area contributed by atoms with Crippen LogP contribution in [0.3, 0.4) is 0 Å². The van der Waals surface area contributed by atoms with Crippen LogP contribution in [0.2, 0.25) is 0 Å². The lowest BCUT2D eigenvalue weighted by Crippen LogP contribution is -2.30. The van der Waals surface area contributed by atoms with E-state index in [1.807, 2.05) is 30.3 Å². The summed E-state index contributed by atoms with van der Waals surface area (Å²) in [5, 5.41) is 10.4. The van der Waals surface area contributed by atoms with Gasteiger partial charge in [0.2, 0.25) is 0 Å². The third-order valence-corrected chi connectivity index (χ3v) is 1.79. The molecule has 0 aliphatic carbocycles. The Bertz CT molecular complexity index is 254. The van der Waals surface area contributed by atoms with Crippen molar-refractivity contribution >= 4 is 5.97 Å². The molecular formula is C10H11O2-. The van der Waals surface area contributed by atoms with Crippen molar-refractivity contribution in [3.05, 3.63) is 35.9 Å². The van der Waals surface area contributed by atoms with E-state index >= 15 is 0 Å². The molecule has 0 aliphatic heterocycles. The Hall–Kier alpha value is -1.31. The molecule has 0 heterocycles. The summed E-state index contributed by atoms with van der Waals surface area (Å²) < 4.78 is 0. The SMILES string of the molecule is CC(Cc1ccccc1)C(=O)[O-]. The molecule has 1 rings (SSSR count). The molecule has 2 nitrogen and oxygen atoms in total. The van der Waals surface area contributed by atoms with E-state index in [0.29, 0.717) is 6.42 Å². The smallest absolute Gasteiger partial charge is 0.0445 e. The highest BCUT2D eigenvalue weighted by atomic mass is 16.4. The van der Waals surface area contributed by atoms with Crippen LogP contribution in [0.5, 0.6) is 0 Å². The zero-order chi connectivity index (χ0) is 8.97. The van der Waals surface area contributed by atoms with Gasteiger partial charge in [-0.15, -0.1) is 0 Å².